The van der Waals surface area contributed by atoms with Crippen molar-refractivity contribution in [3.8, 4) is 0 Å². The zero-order chi connectivity index (χ0) is 20.6. The van der Waals surface area contributed by atoms with Gasteiger partial charge in [-0.1, -0.05) is 18.2 Å². The molecule has 31 heavy (non-hydrogen) atoms. The van der Waals surface area contributed by atoms with Crippen LogP contribution in [-0.2, 0) is 6.42 Å². The van der Waals surface area contributed by atoms with Crippen LogP contribution in [0.25, 0.3) is 32.0 Å². The van der Waals surface area contributed by atoms with E-state index in [1.807, 2.05) is 35.7 Å². The summed E-state index contributed by atoms with van der Waals surface area (Å²) in [6.07, 6.45) is 4.80. The first kappa shape index (κ1) is 17.9. The molecule has 0 fully saturated rings. The van der Waals surface area contributed by atoms with E-state index in [-0.39, 0.29) is 0 Å². The van der Waals surface area contributed by atoms with Gasteiger partial charge < -0.3 is 15.6 Å². The third-order valence-corrected chi connectivity index (χ3v) is 6.27. The van der Waals surface area contributed by atoms with E-state index in [9.17, 15) is 0 Å². The molecule has 4 heterocycles. The summed E-state index contributed by atoms with van der Waals surface area (Å²) in [5.41, 5.74) is 5.32. The Kier molecular flexibility index (Phi) is 4.28. The van der Waals surface area contributed by atoms with E-state index < -0.39 is 0 Å². The number of H-pyrrole nitrogens is 2. The summed E-state index contributed by atoms with van der Waals surface area (Å²) in [4.78, 5) is 12.8. The van der Waals surface area contributed by atoms with Gasteiger partial charge in [-0.25, -0.2) is 4.98 Å². The molecule has 152 valence electrons. The molecule has 0 aliphatic heterocycles. The van der Waals surface area contributed by atoms with Crippen LogP contribution in [0.1, 0.15) is 5.56 Å². The van der Waals surface area contributed by atoms with Crippen LogP contribution in [0.4, 0.5) is 17.5 Å². The van der Waals surface area contributed by atoms with Crippen molar-refractivity contribution in [1.29, 1.82) is 0 Å². The first-order valence-corrected chi connectivity index (χ1v) is 11.0. The second kappa shape index (κ2) is 7.41. The van der Waals surface area contributed by atoms with Crippen LogP contribution in [-0.4, -0.2) is 31.7 Å². The van der Waals surface area contributed by atoms with E-state index in [4.69, 9.17) is 4.98 Å². The van der Waals surface area contributed by atoms with E-state index in [1.54, 1.807) is 17.5 Å². The Balaban J connectivity index is 1.24. The van der Waals surface area contributed by atoms with Crippen molar-refractivity contribution in [2.24, 2.45) is 0 Å². The van der Waals surface area contributed by atoms with Crippen molar-refractivity contribution in [3.63, 3.8) is 0 Å². The number of aromatic nitrogens is 5. The molecule has 4 aromatic heterocycles. The van der Waals surface area contributed by atoms with Crippen molar-refractivity contribution in [1.82, 2.24) is 25.1 Å². The summed E-state index contributed by atoms with van der Waals surface area (Å²) in [5.74, 6) is 1.43. The molecule has 0 atom stereocenters. The Morgan fingerprint density at radius 3 is 2.97 bits per heavy atom. The van der Waals surface area contributed by atoms with Gasteiger partial charge >= 0.3 is 0 Å². The first-order valence-electron chi connectivity index (χ1n) is 10.1. The number of thiophene rings is 1. The minimum absolute atomic E-state index is 0.573. The average molecular weight is 426 g/mol. The van der Waals surface area contributed by atoms with E-state index in [1.165, 1.54) is 16.5 Å². The number of nitrogens with one attached hydrogen (secondary N) is 4. The highest BCUT2D eigenvalue weighted by Crippen LogP contribution is 2.29. The molecular formula is C23H19N7S. The van der Waals surface area contributed by atoms with E-state index in [0.29, 0.717) is 5.95 Å². The van der Waals surface area contributed by atoms with Gasteiger partial charge in [0, 0.05) is 34.7 Å². The molecule has 0 saturated carbocycles. The number of hydrogen-bond donors (Lipinski definition) is 4. The van der Waals surface area contributed by atoms with Crippen LogP contribution in [0.5, 0.6) is 0 Å². The molecule has 0 radical (unpaired) electrons. The number of para-hydroxylation sites is 1. The number of rotatable bonds is 6. The van der Waals surface area contributed by atoms with Crippen LogP contribution in [0, 0.1) is 0 Å². The monoisotopic (exact) mass is 425 g/mol. The van der Waals surface area contributed by atoms with E-state index in [2.05, 4.69) is 55.2 Å². The third kappa shape index (κ3) is 3.36. The van der Waals surface area contributed by atoms with Gasteiger partial charge in [-0.05, 0) is 47.7 Å². The predicted octanol–water partition coefficient (Wildman–Crippen LogP) is 5.45. The van der Waals surface area contributed by atoms with Gasteiger partial charge in [-0.15, -0.1) is 11.3 Å². The fraction of sp³-hybridized carbons (Fsp3) is 0.0870. The van der Waals surface area contributed by atoms with Crippen molar-refractivity contribution < 1.29 is 0 Å². The van der Waals surface area contributed by atoms with E-state index >= 15 is 0 Å². The van der Waals surface area contributed by atoms with Gasteiger partial charge in [-0.2, -0.15) is 10.1 Å². The second-order valence-electron chi connectivity index (χ2n) is 7.36. The van der Waals surface area contributed by atoms with Crippen molar-refractivity contribution >= 4 is 60.8 Å². The lowest BCUT2D eigenvalue weighted by molar-refractivity contribution is 1.02. The molecule has 7 nitrogen and oxygen atoms in total. The van der Waals surface area contributed by atoms with Crippen LogP contribution in [0.3, 0.4) is 0 Å². The van der Waals surface area contributed by atoms with E-state index in [0.717, 1.165) is 45.6 Å². The SMILES string of the molecule is c1ccc2c(CCNc3nc(Nc4ccc5[nH]ncc5c4)nc4ccsc34)c[nH]c2c1. The summed E-state index contributed by atoms with van der Waals surface area (Å²) in [6.45, 7) is 0.784. The lowest BCUT2D eigenvalue weighted by Gasteiger charge is -2.10. The van der Waals surface area contributed by atoms with Gasteiger partial charge in [0.2, 0.25) is 5.95 Å². The maximum absolute atomic E-state index is 4.76. The van der Waals surface area contributed by atoms with Crippen molar-refractivity contribution in [2.45, 2.75) is 6.42 Å². The zero-order valence-corrected chi connectivity index (χ0v) is 17.3. The molecule has 0 amide bonds. The zero-order valence-electron chi connectivity index (χ0n) is 16.5. The minimum atomic E-state index is 0.573. The molecule has 0 spiro atoms. The molecule has 0 aliphatic carbocycles. The van der Waals surface area contributed by atoms with Crippen LogP contribution in [0.15, 0.2) is 66.3 Å². The average Bonchev–Trinajstić information content (AvgIpc) is 3.53. The maximum atomic E-state index is 4.76. The van der Waals surface area contributed by atoms with Gasteiger partial charge in [0.05, 0.1) is 21.9 Å². The lowest BCUT2D eigenvalue weighted by Crippen LogP contribution is -2.08. The summed E-state index contributed by atoms with van der Waals surface area (Å²) in [6, 6.07) is 16.4. The number of nitrogens with zero attached hydrogens (tertiary/aromatic N) is 3. The highest BCUT2D eigenvalue weighted by atomic mass is 32.1. The Hall–Kier alpha value is -3.91. The topological polar surface area (TPSA) is 94.3 Å². The molecular weight excluding hydrogens is 406 g/mol. The van der Waals surface area contributed by atoms with Gasteiger partial charge in [0.1, 0.15) is 5.82 Å². The number of benzene rings is 2. The first-order chi connectivity index (χ1) is 15.3. The number of anilines is 3. The van der Waals surface area contributed by atoms with Crippen molar-refractivity contribution in [2.75, 3.05) is 17.2 Å². The number of hydrogen-bond acceptors (Lipinski definition) is 6. The fourth-order valence-corrected chi connectivity index (χ4v) is 4.64. The fourth-order valence-electron chi connectivity index (χ4n) is 3.84. The molecule has 0 unspecified atom stereocenters. The Bertz CT molecular complexity index is 1510. The molecule has 6 rings (SSSR count). The van der Waals surface area contributed by atoms with Crippen LogP contribution < -0.4 is 10.6 Å². The summed E-state index contributed by atoms with van der Waals surface area (Å²) < 4.78 is 1.06. The molecule has 0 bridgehead atoms. The minimum Gasteiger partial charge on any atom is -0.368 e. The Morgan fingerprint density at radius 1 is 1.00 bits per heavy atom. The number of aromatic amines is 2. The van der Waals surface area contributed by atoms with Gasteiger partial charge in [-0.3, -0.25) is 5.10 Å². The molecule has 4 N–H and O–H groups in total. The molecule has 0 aliphatic rings. The smallest absolute Gasteiger partial charge is 0.229 e. The molecule has 0 saturated heterocycles. The van der Waals surface area contributed by atoms with Gasteiger partial charge in [0.15, 0.2) is 0 Å². The summed E-state index contributed by atoms with van der Waals surface area (Å²) in [5, 5.41) is 18.2. The normalized spacial score (nSPS) is 11.5. The van der Waals surface area contributed by atoms with Crippen LogP contribution in [0.2, 0.25) is 0 Å². The maximum Gasteiger partial charge on any atom is 0.229 e. The second-order valence-corrected chi connectivity index (χ2v) is 8.28. The van der Waals surface area contributed by atoms with Crippen molar-refractivity contribution in [3.05, 3.63) is 71.9 Å². The molecule has 8 heteroatoms. The largest absolute Gasteiger partial charge is 0.368 e. The highest BCUT2D eigenvalue weighted by molar-refractivity contribution is 7.17. The standard InChI is InChI=1S/C23H19N7S/c1-2-4-19-17(3-1)14(12-25-19)7-9-24-22-21-20(8-10-31-21)28-23(29-22)27-16-5-6-18-15(11-16)13-26-30-18/h1-6,8,10-13,25H,7,9H2,(H,26,30)(H2,24,27,28,29). The predicted molar refractivity (Wildman–Crippen MR) is 127 cm³/mol. The molecule has 6 aromatic rings. The van der Waals surface area contributed by atoms with Crippen LogP contribution >= 0.6 is 11.3 Å². The Morgan fingerprint density at radius 2 is 1.97 bits per heavy atom. The van der Waals surface area contributed by atoms with Gasteiger partial charge in [0.25, 0.3) is 0 Å². The Labute approximate surface area is 181 Å². The lowest BCUT2D eigenvalue weighted by atomic mass is 10.1. The molecule has 2 aromatic carbocycles. The number of fused-ring (bicyclic) bond motifs is 3. The highest BCUT2D eigenvalue weighted by Gasteiger charge is 2.10. The third-order valence-electron chi connectivity index (χ3n) is 5.36. The quantitative estimate of drug-likeness (QED) is 0.285. The summed E-state index contributed by atoms with van der Waals surface area (Å²) >= 11 is 1.65. The summed E-state index contributed by atoms with van der Waals surface area (Å²) in [7, 11) is 0.